The molecule has 0 spiro atoms. The van der Waals surface area contributed by atoms with Gasteiger partial charge in [0, 0.05) is 23.2 Å². The average molecular weight is 561 g/mol. The van der Waals surface area contributed by atoms with Crippen molar-refractivity contribution in [2.45, 2.75) is 23.4 Å². The number of amides is 1. The monoisotopic (exact) mass is 560 g/mol. The number of carbonyl (C=O) groups is 1. The van der Waals surface area contributed by atoms with Gasteiger partial charge in [0.05, 0.1) is 16.0 Å². The Labute approximate surface area is 229 Å². The number of thiophene rings is 1. The van der Waals surface area contributed by atoms with Gasteiger partial charge in [0.2, 0.25) is 15.9 Å². The largest absolute Gasteiger partial charge is 0.325 e. The Morgan fingerprint density at radius 3 is 2.42 bits per heavy atom. The Bertz CT molecular complexity index is 1670. The normalized spacial score (nSPS) is 11.5. The topological polar surface area (TPSA) is 101 Å². The first-order valence-corrected chi connectivity index (χ1v) is 15.1. The minimum atomic E-state index is -3.67. The summed E-state index contributed by atoms with van der Waals surface area (Å²) in [5.74, 6) is -0.0692. The summed E-state index contributed by atoms with van der Waals surface area (Å²) in [7, 11) is -3.67. The van der Waals surface area contributed by atoms with E-state index < -0.39 is 10.0 Å². The van der Waals surface area contributed by atoms with Crippen LogP contribution in [0.3, 0.4) is 0 Å². The molecule has 2 N–H and O–H groups in total. The van der Waals surface area contributed by atoms with Gasteiger partial charge in [-0.1, -0.05) is 71.9 Å². The fourth-order valence-corrected chi connectivity index (χ4v) is 6.62. The Kier molecular flexibility index (Phi) is 7.85. The number of anilines is 1. The maximum atomic E-state index is 12.7. The number of rotatable bonds is 9. The van der Waals surface area contributed by atoms with Crippen molar-refractivity contribution >= 4 is 54.9 Å². The zero-order chi connectivity index (χ0) is 26.5. The van der Waals surface area contributed by atoms with Gasteiger partial charge in [-0.05, 0) is 42.3 Å². The van der Waals surface area contributed by atoms with E-state index in [1.807, 2.05) is 37.3 Å². The molecule has 5 aromatic rings. The van der Waals surface area contributed by atoms with Gasteiger partial charge in [-0.15, -0.1) is 11.3 Å². The van der Waals surface area contributed by atoms with E-state index in [-0.39, 0.29) is 23.1 Å². The van der Waals surface area contributed by atoms with Crippen LogP contribution in [-0.4, -0.2) is 30.0 Å². The molecule has 2 aromatic heterocycles. The Morgan fingerprint density at radius 2 is 1.68 bits per heavy atom. The highest BCUT2D eigenvalue weighted by Crippen LogP contribution is 2.37. The van der Waals surface area contributed by atoms with Crippen LogP contribution in [0, 0.1) is 6.92 Å². The molecule has 0 bridgehead atoms. The number of benzene rings is 3. The SMILES string of the molecule is Cc1ccc(-c2csc3ncnc(SCC(=O)Nc4ccc(S(=O)(=O)NCc5ccccc5)cc4)c23)cc1. The van der Waals surface area contributed by atoms with Crippen LogP contribution in [0.1, 0.15) is 11.1 Å². The van der Waals surface area contributed by atoms with Gasteiger partial charge in [0.25, 0.3) is 0 Å². The van der Waals surface area contributed by atoms with Crippen LogP contribution < -0.4 is 10.0 Å². The van der Waals surface area contributed by atoms with E-state index in [0.717, 1.165) is 31.9 Å². The zero-order valence-electron chi connectivity index (χ0n) is 20.4. The van der Waals surface area contributed by atoms with Crippen LogP contribution in [-0.2, 0) is 21.4 Å². The summed E-state index contributed by atoms with van der Waals surface area (Å²) in [6.45, 7) is 2.25. The third kappa shape index (κ3) is 6.11. The quantitative estimate of drug-likeness (QED) is 0.173. The van der Waals surface area contributed by atoms with Crippen molar-refractivity contribution in [2.24, 2.45) is 0 Å². The first-order valence-electron chi connectivity index (χ1n) is 11.7. The summed E-state index contributed by atoms with van der Waals surface area (Å²) in [4.78, 5) is 22.5. The van der Waals surface area contributed by atoms with Gasteiger partial charge >= 0.3 is 0 Å². The van der Waals surface area contributed by atoms with E-state index in [2.05, 4.69) is 49.7 Å². The summed E-state index contributed by atoms with van der Waals surface area (Å²) in [5, 5.41) is 6.58. The third-order valence-electron chi connectivity index (χ3n) is 5.80. The van der Waals surface area contributed by atoms with E-state index in [4.69, 9.17) is 0 Å². The Hall–Kier alpha value is -3.57. The predicted octanol–water partition coefficient (Wildman–Crippen LogP) is 5.88. The fraction of sp³-hybridized carbons (Fsp3) is 0.107. The second-order valence-corrected chi connectivity index (χ2v) is 12.1. The molecule has 38 heavy (non-hydrogen) atoms. The van der Waals surface area contributed by atoms with Crippen LogP contribution in [0.25, 0.3) is 21.3 Å². The number of aryl methyl sites for hydroxylation is 1. The molecule has 0 aliphatic heterocycles. The van der Waals surface area contributed by atoms with E-state index in [0.29, 0.717) is 5.69 Å². The van der Waals surface area contributed by atoms with E-state index in [1.165, 1.54) is 35.8 Å². The predicted molar refractivity (Wildman–Crippen MR) is 154 cm³/mol. The van der Waals surface area contributed by atoms with Crippen molar-refractivity contribution in [1.29, 1.82) is 0 Å². The second-order valence-electron chi connectivity index (χ2n) is 8.55. The highest BCUT2D eigenvalue weighted by Gasteiger charge is 2.16. The van der Waals surface area contributed by atoms with Crippen molar-refractivity contribution in [3.8, 4) is 11.1 Å². The lowest BCUT2D eigenvalue weighted by Gasteiger charge is -2.09. The van der Waals surface area contributed by atoms with Gasteiger partial charge in [-0.3, -0.25) is 4.79 Å². The lowest BCUT2D eigenvalue weighted by Crippen LogP contribution is -2.23. The molecule has 0 fully saturated rings. The minimum Gasteiger partial charge on any atom is -0.325 e. The van der Waals surface area contributed by atoms with E-state index in [1.54, 1.807) is 23.5 Å². The molecular weight excluding hydrogens is 537 g/mol. The molecule has 0 unspecified atom stereocenters. The fourth-order valence-electron chi connectivity index (χ4n) is 3.81. The number of carbonyl (C=O) groups excluding carboxylic acids is 1. The molecular formula is C28H24N4O3S3. The Balaban J connectivity index is 1.22. The summed E-state index contributed by atoms with van der Waals surface area (Å²) in [5.41, 5.74) is 4.69. The van der Waals surface area contributed by atoms with Crippen molar-refractivity contribution in [3.63, 3.8) is 0 Å². The lowest BCUT2D eigenvalue weighted by atomic mass is 10.1. The minimum absolute atomic E-state index is 0.130. The molecule has 0 saturated carbocycles. The average Bonchev–Trinajstić information content (AvgIpc) is 3.37. The maximum Gasteiger partial charge on any atom is 0.240 e. The second kappa shape index (κ2) is 11.4. The van der Waals surface area contributed by atoms with Gasteiger partial charge in [-0.2, -0.15) is 0 Å². The van der Waals surface area contributed by atoms with E-state index in [9.17, 15) is 13.2 Å². The summed E-state index contributed by atoms with van der Waals surface area (Å²) >= 11 is 2.89. The lowest BCUT2D eigenvalue weighted by molar-refractivity contribution is -0.113. The number of fused-ring (bicyclic) bond motifs is 1. The smallest absolute Gasteiger partial charge is 0.240 e. The number of hydrogen-bond donors (Lipinski definition) is 2. The molecule has 1 amide bonds. The highest BCUT2D eigenvalue weighted by molar-refractivity contribution is 8.00. The number of nitrogens with one attached hydrogen (secondary N) is 2. The number of hydrogen-bond acceptors (Lipinski definition) is 7. The number of sulfonamides is 1. The first kappa shape index (κ1) is 26.1. The van der Waals surface area contributed by atoms with E-state index >= 15 is 0 Å². The molecule has 0 radical (unpaired) electrons. The molecule has 3 aromatic carbocycles. The number of thioether (sulfide) groups is 1. The summed E-state index contributed by atoms with van der Waals surface area (Å²) < 4.78 is 27.8. The van der Waals surface area contributed by atoms with Crippen molar-refractivity contribution in [1.82, 2.24) is 14.7 Å². The molecule has 0 saturated heterocycles. The van der Waals surface area contributed by atoms with Crippen LogP contribution in [0.2, 0.25) is 0 Å². The third-order valence-corrected chi connectivity index (χ3v) is 9.09. The number of aromatic nitrogens is 2. The van der Waals surface area contributed by atoms with Crippen LogP contribution >= 0.6 is 23.1 Å². The van der Waals surface area contributed by atoms with Crippen LogP contribution in [0.4, 0.5) is 5.69 Å². The molecule has 0 atom stereocenters. The van der Waals surface area contributed by atoms with Gasteiger partial charge in [0.1, 0.15) is 16.2 Å². The van der Waals surface area contributed by atoms with Gasteiger partial charge in [0.15, 0.2) is 0 Å². The molecule has 5 rings (SSSR count). The first-order chi connectivity index (χ1) is 18.4. The maximum absolute atomic E-state index is 12.7. The highest BCUT2D eigenvalue weighted by atomic mass is 32.2. The standard InChI is InChI=1S/C28H24N4O3S3/c1-19-7-9-21(10-8-19)24-16-36-27-26(24)28(30-18-29-27)37-17-25(33)32-22-11-13-23(14-12-22)38(34,35)31-15-20-5-3-2-4-6-20/h2-14,16,18,31H,15,17H2,1H3,(H,32,33). The van der Waals surface area contributed by atoms with Gasteiger partial charge < -0.3 is 5.32 Å². The van der Waals surface area contributed by atoms with Crippen LogP contribution in [0.15, 0.2) is 100 Å². The van der Waals surface area contributed by atoms with Crippen molar-refractivity contribution in [3.05, 3.63) is 102 Å². The zero-order valence-corrected chi connectivity index (χ0v) is 22.9. The van der Waals surface area contributed by atoms with Crippen molar-refractivity contribution < 1.29 is 13.2 Å². The molecule has 2 heterocycles. The van der Waals surface area contributed by atoms with Crippen molar-refractivity contribution in [2.75, 3.05) is 11.1 Å². The molecule has 10 heteroatoms. The molecule has 192 valence electrons. The van der Waals surface area contributed by atoms with Gasteiger partial charge in [-0.25, -0.2) is 23.1 Å². The molecule has 7 nitrogen and oxygen atoms in total. The summed E-state index contributed by atoms with van der Waals surface area (Å²) in [6, 6.07) is 23.7. The molecule has 0 aliphatic carbocycles. The Morgan fingerprint density at radius 1 is 0.947 bits per heavy atom. The molecule has 0 aliphatic rings. The summed E-state index contributed by atoms with van der Waals surface area (Å²) in [6.07, 6.45) is 1.52. The van der Waals surface area contributed by atoms with Crippen LogP contribution in [0.5, 0.6) is 0 Å². The number of nitrogens with zero attached hydrogens (tertiary/aromatic N) is 2.